The summed E-state index contributed by atoms with van der Waals surface area (Å²) in [6.45, 7) is 10.8. The number of amides is 1. The number of aromatic nitrogens is 3. The zero-order valence-corrected chi connectivity index (χ0v) is 39.7. The minimum atomic E-state index is -3.91. The highest BCUT2D eigenvalue weighted by molar-refractivity contribution is 7.59. The number of nitrogens with zero attached hydrogens (tertiary/aromatic N) is 4. The first-order valence-corrected chi connectivity index (χ1v) is 25.9. The normalized spacial score (nSPS) is 24.9. The fourth-order valence-corrected chi connectivity index (χ4v) is 13.6. The molecule has 0 bridgehead atoms. The van der Waals surface area contributed by atoms with Crippen LogP contribution in [0.4, 0.5) is 5.13 Å². The van der Waals surface area contributed by atoms with Crippen molar-refractivity contribution in [3.05, 3.63) is 93.8 Å². The molecular weight excluding hydrogens is 850 g/mol. The first-order chi connectivity index (χ1) is 30.1. The summed E-state index contributed by atoms with van der Waals surface area (Å²) in [4.78, 5) is 58.8. The Morgan fingerprint density at radius 3 is 2.56 bits per heavy atom. The van der Waals surface area contributed by atoms with E-state index in [-0.39, 0.29) is 60.5 Å². The van der Waals surface area contributed by atoms with Gasteiger partial charge in [0.25, 0.3) is 0 Å². The van der Waals surface area contributed by atoms with Gasteiger partial charge in [-0.15, -0.1) is 22.7 Å². The standard InChI is InChI=1S/C49H60N5O6PS2/c1-31(2)50-47-52-40(29-63-47)39-24-43(37-20-19-35(59-6)22-38(37)51-39)60-36-23-41-42(55)26-49(61(57,58)28-32-15-11-10-12-16-32)25-34(49)18-14-9-7-8-13-17-33(46(56)54(41)27-36)21-45-53-44(30-62-45)48(3,4)5/h10-12,14-16,18-20,22,24,29-31,33-34,36,41H,7-9,13,17,21,23,25-28H2,1-6H3,(H,50,52)(H,57,58)/b18-14-/t33-,34-,36-,41+,49-/m1/s1. The topological polar surface area (TPSA) is 144 Å². The van der Waals surface area contributed by atoms with E-state index < -0.39 is 24.7 Å². The van der Waals surface area contributed by atoms with Gasteiger partial charge in [0.05, 0.1) is 52.9 Å². The number of pyridine rings is 1. The third-order valence-corrected chi connectivity index (χ3v) is 17.3. The number of hydrogen-bond acceptors (Lipinski definition) is 11. The largest absolute Gasteiger partial charge is 0.497 e. The highest BCUT2D eigenvalue weighted by Gasteiger charge is 2.65. The molecule has 2 N–H and O–H groups in total. The predicted octanol–water partition coefficient (Wildman–Crippen LogP) is 10.9. The van der Waals surface area contributed by atoms with Crippen molar-refractivity contribution in [1.82, 2.24) is 19.9 Å². The molecule has 1 saturated heterocycles. The number of allylic oxidation sites excluding steroid dienone is 2. The Morgan fingerprint density at radius 2 is 1.81 bits per heavy atom. The minimum absolute atomic E-state index is 0.00675. The van der Waals surface area contributed by atoms with Crippen LogP contribution in [0, 0.1) is 11.8 Å². The van der Waals surface area contributed by atoms with Gasteiger partial charge < -0.3 is 24.6 Å². The highest BCUT2D eigenvalue weighted by atomic mass is 32.1. The first kappa shape index (κ1) is 45.2. The second-order valence-corrected chi connectivity index (χ2v) is 23.4. The van der Waals surface area contributed by atoms with Gasteiger partial charge in [0.15, 0.2) is 10.9 Å². The molecule has 1 unspecified atom stereocenters. The molecule has 3 aromatic heterocycles. The number of Topliss-reactive ketones (excluding diaryl/α,β-unsaturated/α-hetero) is 1. The smallest absolute Gasteiger partial charge is 0.226 e. The monoisotopic (exact) mass is 909 g/mol. The lowest BCUT2D eigenvalue weighted by Crippen LogP contribution is -2.45. The Labute approximate surface area is 379 Å². The number of carbonyl (C=O) groups excluding carboxylic acids is 2. The third kappa shape index (κ3) is 10.1. The van der Waals surface area contributed by atoms with Gasteiger partial charge in [0, 0.05) is 64.9 Å². The fourth-order valence-electron chi connectivity index (χ4n) is 9.15. The van der Waals surface area contributed by atoms with Crippen LogP contribution in [-0.4, -0.2) is 73.4 Å². The van der Waals surface area contributed by atoms with E-state index in [0.717, 1.165) is 52.5 Å². The SMILES string of the molecule is COc1ccc2c(O[C@@H]3C[C@H]4C(=O)C[C@]5(P(=O)(O)Cc6ccccc6)C[C@H]5/C=C\CCCCC[C@H](Cc5nc(C(C)(C)C)cs5)C(=O)N4C3)cc(-c3csc(NC(C)C)n3)nc2c1. The number of ether oxygens (including phenoxy) is 2. The second kappa shape index (κ2) is 18.6. The van der Waals surface area contributed by atoms with E-state index in [1.165, 1.54) is 11.3 Å². The van der Waals surface area contributed by atoms with Crippen molar-refractivity contribution in [1.29, 1.82) is 0 Å². The quantitative estimate of drug-likeness (QED) is 0.0971. The van der Waals surface area contributed by atoms with Gasteiger partial charge in [-0.2, -0.15) is 0 Å². The number of carbonyl (C=O) groups is 2. The molecule has 11 nitrogen and oxygen atoms in total. The van der Waals surface area contributed by atoms with Crippen LogP contribution in [0.5, 0.6) is 11.5 Å². The van der Waals surface area contributed by atoms with Crippen LogP contribution in [0.1, 0.15) is 102 Å². The molecule has 63 heavy (non-hydrogen) atoms. The van der Waals surface area contributed by atoms with E-state index in [0.29, 0.717) is 47.7 Å². The van der Waals surface area contributed by atoms with E-state index in [9.17, 15) is 9.46 Å². The number of anilines is 1. The summed E-state index contributed by atoms with van der Waals surface area (Å²) in [6.07, 6.45) is 9.06. The molecule has 6 atom stereocenters. The highest BCUT2D eigenvalue weighted by Crippen LogP contribution is 2.74. The van der Waals surface area contributed by atoms with E-state index >= 15 is 9.59 Å². The van der Waals surface area contributed by atoms with E-state index in [1.54, 1.807) is 23.3 Å². The minimum Gasteiger partial charge on any atom is -0.497 e. The van der Waals surface area contributed by atoms with Crippen molar-refractivity contribution in [2.75, 3.05) is 19.0 Å². The van der Waals surface area contributed by atoms with Crippen molar-refractivity contribution >= 4 is 57.8 Å². The van der Waals surface area contributed by atoms with E-state index in [4.69, 9.17) is 24.4 Å². The molecular formula is C49H60N5O6PS2. The molecule has 1 amide bonds. The maximum absolute atomic E-state index is 15.2. The molecule has 0 radical (unpaired) electrons. The van der Waals surface area contributed by atoms with Gasteiger partial charge in [-0.25, -0.2) is 15.0 Å². The van der Waals surface area contributed by atoms with E-state index in [1.807, 2.05) is 60.0 Å². The van der Waals surface area contributed by atoms with Crippen LogP contribution in [0.2, 0.25) is 0 Å². The molecule has 8 rings (SSSR count). The summed E-state index contributed by atoms with van der Waals surface area (Å²) in [5.74, 6) is 0.357. The average Bonchev–Trinajstić information content (AvgIpc) is 3.63. The Bertz CT molecular complexity index is 2520. The molecule has 2 aromatic carbocycles. The summed E-state index contributed by atoms with van der Waals surface area (Å²) in [7, 11) is -2.29. The maximum Gasteiger partial charge on any atom is 0.226 e. The number of thiazole rings is 2. The molecule has 1 aliphatic carbocycles. The van der Waals surface area contributed by atoms with E-state index in [2.05, 4.69) is 57.5 Å². The Kier molecular flexibility index (Phi) is 13.3. The molecule has 5 aromatic rings. The van der Waals surface area contributed by atoms with Crippen molar-refractivity contribution < 1.29 is 28.5 Å². The van der Waals surface area contributed by atoms with Crippen molar-refractivity contribution in [2.24, 2.45) is 11.8 Å². The summed E-state index contributed by atoms with van der Waals surface area (Å²) in [5, 5.41) is 8.80. The lowest BCUT2D eigenvalue weighted by Gasteiger charge is -2.30. The average molecular weight is 910 g/mol. The van der Waals surface area contributed by atoms with Gasteiger partial charge in [-0.3, -0.25) is 14.2 Å². The number of methoxy groups -OCH3 is 1. The van der Waals surface area contributed by atoms with Gasteiger partial charge >= 0.3 is 0 Å². The zero-order chi connectivity index (χ0) is 44.5. The molecule has 14 heteroatoms. The summed E-state index contributed by atoms with van der Waals surface area (Å²) in [5.41, 5.74) is 3.64. The van der Waals surface area contributed by atoms with Crippen LogP contribution < -0.4 is 14.8 Å². The lowest BCUT2D eigenvalue weighted by atomic mass is 9.93. The second-order valence-electron chi connectivity index (χ2n) is 19.0. The number of ketones is 1. The Morgan fingerprint density at radius 1 is 1.00 bits per heavy atom. The van der Waals surface area contributed by atoms with Gasteiger partial charge in [0.1, 0.15) is 23.3 Å². The number of hydrogen-bond donors (Lipinski definition) is 2. The van der Waals surface area contributed by atoms with Gasteiger partial charge in [0.2, 0.25) is 13.3 Å². The van der Waals surface area contributed by atoms with Crippen LogP contribution in [0.15, 0.2) is 77.5 Å². The first-order valence-electron chi connectivity index (χ1n) is 22.3. The summed E-state index contributed by atoms with van der Waals surface area (Å²) in [6, 6.07) is 16.3. The third-order valence-electron chi connectivity index (χ3n) is 12.8. The Balaban J connectivity index is 1.15. The summed E-state index contributed by atoms with van der Waals surface area (Å²) >= 11 is 3.09. The van der Waals surface area contributed by atoms with Crippen LogP contribution in [-0.2, 0) is 32.2 Å². The van der Waals surface area contributed by atoms with Crippen molar-refractivity contribution in [2.45, 2.75) is 127 Å². The number of nitrogens with one attached hydrogen (secondary N) is 1. The Hall–Kier alpha value is -4.42. The molecule has 334 valence electrons. The predicted molar refractivity (Wildman–Crippen MR) is 253 cm³/mol. The number of rotatable bonds is 11. The van der Waals surface area contributed by atoms with Crippen molar-refractivity contribution in [3.63, 3.8) is 0 Å². The molecule has 2 aliphatic heterocycles. The van der Waals surface area contributed by atoms with Crippen LogP contribution >= 0.6 is 30.0 Å². The number of benzene rings is 2. The summed E-state index contributed by atoms with van der Waals surface area (Å²) < 4.78 is 27.2. The van der Waals surface area contributed by atoms with Crippen LogP contribution in [0.25, 0.3) is 22.3 Å². The lowest BCUT2D eigenvalue weighted by molar-refractivity contribution is -0.141. The number of fused-ring (bicyclic) bond motifs is 3. The zero-order valence-electron chi connectivity index (χ0n) is 37.2. The van der Waals surface area contributed by atoms with Gasteiger partial charge in [-0.05, 0) is 63.1 Å². The van der Waals surface area contributed by atoms with Crippen LogP contribution in [0.3, 0.4) is 0 Å². The molecule has 5 heterocycles. The fraction of sp³-hybridized carbons (Fsp3) is 0.490. The molecule has 2 fully saturated rings. The van der Waals surface area contributed by atoms with Gasteiger partial charge in [-0.1, -0.05) is 76.1 Å². The molecule has 1 saturated carbocycles. The van der Waals surface area contributed by atoms with Crippen molar-refractivity contribution in [3.8, 4) is 22.9 Å². The maximum atomic E-state index is 15.2. The molecule has 3 aliphatic rings. The molecule has 0 spiro atoms.